The van der Waals surface area contributed by atoms with Crippen LogP contribution in [0.2, 0.25) is 0 Å². The normalized spacial score (nSPS) is 33.1. The number of nitrogens with zero attached hydrogens (tertiary/aromatic N) is 1. The second kappa shape index (κ2) is 4.65. The molecule has 0 N–H and O–H groups in total. The van der Waals surface area contributed by atoms with Crippen LogP contribution in [-0.2, 0) is 10.2 Å². The Bertz CT molecular complexity index is 472. The lowest BCUT2D eigenvalue weighted by molar-refractivity contribution is -0.159. The molecular weight excluding hydrogens is 234 g/mol. The molecule has 3 aliphatic rings. The molecule has 1 aliphatic carbocycles. The Balaban J connectivity index is 1.77. The molecule has 100 valence electrons. The molecule has 19 heavy (non-hydrogen) atoms. The summed E-state index contributed by atoms with van der Waals surface area (Å²) in [6.45, 7) is 2.97. The van der Waals surface area contributed by atoms with E-state index in [2.05, 4.69) is 37.3 Å². The first kappa shape index (κ1) is 12.7. The van der Waals surface area contributed by atoms with E-state index in [-0.39, 0.29) is 11.0 Å². The lowest BCUT2D eigenvalue weighted by atomic mass is 9.62. The van der Waals surface area contributed by atoms with Crippen LogP contribution in [0.5, 0.6) is 0 Å². The molecule has 2 saturated heterocycles. The smallest absolute Gasteiger partial charge is 0.0693 e. The predicted octanol–water partition coefficient (Wildman–Crippen LogP) is 3.88. The van der Waals surface area contributed by atoms with Crippen LogP contribution in [0.15, 0.2) is 24.3 Å². The van der Waals surface area contributed by atoms with Crippen molar-refractivity contribution in [1.29, 1.82) is 5.26 Å². The van der Waals surface area contributed by atoms with Gasteiger partial charge in [-0.1, -0.05) is 29.8 Å². The van der Waals surface area contributed by atoms with Crippen molar-refractivity contribution >= 4 is 0 Å². The molecule has 0 spiro atoms. The van der Waals surface area contributed by atoms with Gasteiger partial charge in [0, 0.05) is 11.8 Å². The number of rotatable bonds is 3. The fourth-order valence-corrected chi connectivity index (χ4v) is 3.65. The van der Waals surface area contributed by atoms with Crippen molar-refractivity contribution < 1.29 is 4.74 Å². The second-order valence-corrected chi connectivity index (χ2v) is 6.28. The Morgan fingerprint density at radius 2 is 1.84 bits per heavy atom. The van der Waals surface area contributed by atoms with E-state index in [0.717, 1.165) is 25.9 Å². The highest BCUT2D eigenvalue weighted by atomic mass is 16.5. The molecule has 2 nitrogen and oxygen atoms in total. The summed E-state index contributed by atoms with van der Waals surface area (Å²) in [6, 6.07) is 11.2. The Hall–Kier alpha value is -1.33. The molecule has 4 rings (SSSR count). The van der Waals surface area contributed by atoms with E-state index < -0.39 is 0 Å². The molecule has 0 atom stereocenters. The number of hydrogen-bond donors (Lipinski definition) is 0. The molecule has 2 heterocycles. The van der Waals surface area contributed by atoms with Crippen molar-refractivity contribution in [3.05, 3.63) is 35.4 Å². The molecule has 2 aliphatic heterocycles. The van der Waals surface area contributed by atoms with Crippen LogP contribution in [0.3, 0.4) is 0 Å². The summed E-state index contributed by atoms with van der Waals surface area (Å²) in [5.74, 6) is 0. The van der Waals surface area contributed by atoms with Gasteiger partial charge in [-0.15, -0.1) is 0 Å². The van der Waals surface area contributed by atoms with Crippen LogP contribution in [0, 0.1) is 18.3 Å². The summed E-state index contributed by atoms with van der Waals surface area (Å²) < 4.78 is 6.20. The van der Waals surface area contributed by atoms with Gasteiger partial charge in [-0.25, -0.2) is 0 Å². The minimum atomic E-state index is 0.0160. The number of benzene rings is 1. The van der Waals surface area contributed by atoms with Crippen LogP contribution < -0.4 is 0 Å². The predicted molar refractivity (Wildman–Crippen MR) is 74.9 cm³/mol. The van der Waals surface area contributed by atoms with Gasteiger partial charge in [-0.2, -0.15) is 5.26 Å². The summed E-state index contributed by atoms with van der Waals surface area (Å²) in [5.41, 5.74) is 3.01. The molecule has 1 saturated carbocycles. The van der Waals surface area contributed by atoms with E-state index in [1.165, 1.54) is 24.0 Å². The van der Waals surface area contributed by atoms with Crippen molar-refractivity contribution in [2.24, 2.45) is 0 Å². The lowest BCUT2D eigenvalue weighted by Gasteiger charge is -2.53. The van der Waals surface area contributed by atoms with Crippen molar-refractivity contribution in [1.82, 2.24) is 0 Å². The summed E-state index contributed by atoms with van der Waals surface area (Å²) in [5, 5.41) is 8.77. The zero-order chi connectivity index (χ0) is 13.3. The van der Waals surface area contributed by atoms with Crippen molar-refractivity contribution in [2.45, 2.75) is 56.5 Å². The quantitative estimate of drug-likeness (QED) is 0.821. The standard InChI is InChI=1S/C17H21NO/c1-14-3-5-15(6-4-14)16-8-10-17(11-9-16,19-13-16)7-2-12-18/h3-6H,2,7-11,13H2,1H3. The highest BCUT2D eigenvalue weighted by Crippen LogP contribution is 2.51. The van der Waals surface area contributed by atoms with E-state index in [9.17, 15) is 0 Å². The summed E-state index contributed by atoms with van der Waals surface area (Å²) in [7, 11) is 0. The topological polar surface area (TPSA) is 33.0 Å². The highest BCUT2D eigenvalue weighted by molar-refractivity contribution is 5.31. The Labute approximate surface area is 115 Å². The first-order valence-electron chi connectivity index (χ1n) is 7.26. The van der Waals surface area contributed by atoms with Gasteiger partial charge < -0.3 is 4.74 Å². The molecule has 2 heteroatoms. The average Bonchev–Trinajstić information content (AvgIpc) is 2.48. The van der Waals surface area contributed by atoms with Gasteiger partial charge in [0.2, 0.25) is 0 Å². The van der Waals surface area contributed by atoms with Crippen molar-refractivity contribution in [2.75, 3.05) is 6.61 Å². The van der Waals surface area contributed by atoms with E-state index in [0.29, 0.717) is 6.42 Å². The molecule has 0 radical (unpaired) electrons. The van der Waals surface area contributed by atoms with E-state index in [1.54, 1.807) is 0 Å². The van der Waals surface area contributed by atoms with Gasteiger partial charge in [0.05, 0.1) is 18.3 Å². The van der Waals surface area contributed by atoms with E-state index >= 15 is 0 Å². The minimum absolute atomic E-state index is 0.0160. The third kappa shape index (κ3) is 2.17. The summed E-state index contributed by atoms with van der Waals surface area (Å²) in [4.78, 5) is 0. The van der Waals surface area contributed by atoms with Crippen molar-refractivity contribution in [3.63, 3.8) is 0 Å². The fourth-order valence-electron chi connectivity index (χ4n) is 3.65. The molecular formula is C17H21NO. The van der Waals surface area contributed by atoms with Gasteiger partial charge in [0.25, 0.3) is 0 Å². The van der Waals surface area contributed by atoms with Crippen molar-refractivity contribution in [3.8, 4) is 6.07 Å². The maximum absolute atomic E-state index is 8.77. The number of aryl methyl sites for hydroxylation is 1. The van der Waals surface area contributed by atoms with Gasteiger partial charge in [-0.3, -0.25) is 0 Å². The van der Waals surface area contributed by atoms with Crippen LogP contribution >= 0.6 is 0 Å². The summed E-state index contributed by atoms with van der Waals surface area (Å²) in [6.07, 6.45) is 6.18. The molecule has 0 unspecified atom stereocenters. The number of nitriles is 1. The van der Waals surface area contributed by atoms with Crippen LogP contribution in [0.25, 0.3) is 0 Å². The molecule has 1 aromatic rings. The van der Waals surface area contributed by atoms with Gasteiger partial charge in [0.1, 0.15) is 0 Å². The maximum atomic E-state index is 8.77. The average molecular weight is 255 g/mol. The Morgan fingerprint density at radius 3 is 2.37 bits per heavy atom. The Kier molecular flexibility index (Phi) is 3.11. The SMILES string of the molecule is Cc1ccc(C23CCC(CCC#N)(CC2)OC3)cc1. The third-order valence-corrected chi connectivity index (χ3v) is 5.13. The Morgan fingerprint density at radius 1 is 1.16 bits per heavy atom. The molecule has 1 aromatic carbocycles. The zero-order valence-electron chi connectivity index (χ0n) is 11.6. The number of ether oxygens (including phenoxy) is 1. The zero-order valence-corrected chi connectivity index (χ0v) is 11.6. The first-order chi connectivity index (χ1) is 9.18. The van der Waals surface area contributed by atoms with E-state index in [1.807, 2.05) is 0 Å². The number of hydrogen-bond acceptors (Lipinski definition) is 2. The van der Waals surface area contributed by atoms with Gasteiger partial charge >= 0.3 is 0 Å². The van der Waals surface area contributed by atoms with Gasteiger partial charge in [0.15, 0.2) is 0 Å². The fraction of sp³-hybridized carbons (Fsp3) is 0.588. The largest absolute Gasteiger partial charge is 0.374 e. The highest BCUT2D eigenvalue weighted by Gasteiger charge is 2.49. The number of fused-ring (bicyclic) bond motifs is 3. The maximum Gasteiger partial charge on any atom is 0.0693 e. The second-order valence-electron chi connectivity index (χ2n) is 6.28. The van der Waals surface area contributed by atoms with E-state index in [4.69, 9.17) is 10.00 Å². The molecule has 0 aromatic heterocycles. The third-order valence-electron chi connectivity index (χ3n) is 5.13. The lowest BCUT2D eigenvalue weighted by Crippen LogP contribution is -2.53. The van der Waals surface area contributed by atoms with Gasteiger partial charge in [-0.05, 0) is 44.6 Å². The monoisotopic (exact) mass is 255 g/mol. The molecule has 3 fully saturated rings. The van der Waals surface area contributed by atoms with Crippen LogP contribution in [0.1, 0.15) is 49.7 Å². The summed E-state index contributed by atoms with van der Waals surface area (Å²) >= 11 is 0. The van der Waals surface area contributed by atoms with Crippen LogP contribution in [0.4, 0.5) is 0 Å². The first-order valence-corrected chi connectivity index (χ1v) is 7.26. The van der Waals surface area contributed by atoms with Crippen LogP contribution in [-0.4, -0.2) is 12.2 Å². The molecule has 0 amide bonds. The molecule has 2 bridgehead atoms. The minimum Gasteiger partial charge on any atom is -0.374 e.